The zero-order valence-corrected chi connectivity index (χ0v) is 17.3. The number of anilines is 1. The number of rotatable bonds is 4. The van der Waals surface area contributed by atoms with Crippen molar-refractivity contribution in [3.05, 3.63) is 52.2 Å². The van der Waals surface area contributed by atoms with Crippen LogP contribution >= 0.6 is 11.3 Å². The summed E-state index contributed by atoms with van der Waals surface area (Å²) in [6, 6.07) is 7.81. The molecular weight excluding hydrogens is 386 g/mol. The molecule has 29 heavy (non-hydrogen) atoms. The van der Waals surface area contributed by atoms with Crippen molar-refractivity contribution in [1.82, 2.24) is 19.9 Å². The number of nitrogens with two attached hydrogens (primary N) is 1. The van der Waals surface area contributed by atoms with Crippen LogP contribution in [0.1, 0.15) is 39.8 Å². The SMILES string of the molecule is COc1ccc(-c2cnc(N)nc2[C@@H]2CCCN(C(=O)c3scnc3C)C2)cc1. The van der Waals surface area contributed by atoms with Gasteiger partial charge in [0.2, 0.25) is 5.95 Å². The van der Waals surface area contributed by atoms with E-state index in [-0.39, 0.29) is 17.8 Å². The maximum Gasteiger partial charge on any atom is 0.265 e. The number of aryl methyl sites for hydroxylation is 1. The maximum absolute atomic E-state index is 13.0. The number of carbonyl (C=O) groups excluding carboxylic acids is 1. The van der Waals surface area contributed by atoms with E-state index in [2.05, 4.69) is 15.0 Å². The second kappa shape index (κ2) is 8.16. The molecule has 8 heteroatoms. The number of likely N-dealkylation sites (tertiary alicyclic amines) is 1. The van der Waals surface area contributed by atoms with E-state index < -0.39 is 0 Å². The van der Waals surface area contributed by atoms with E-state index >= 15 is 0 Å². The number of amides is 1. The Morgan fingerprint density at radius 1 is 1.28 bits per heavy atom. The van der Waals surface area contributed by atoms with Crippen molar-refractivity contribution in [1.29, 1.82) is 0 Å². The molecule has 1 atom stereocenters. The van der Waals surface area contributed by atoms with Crippen LogP contribution in [0.15, 0.2) is 36.0 Å². The quantitative estimate of drug-likeness (QED) is 0.708. The largest absolute Gasteiger partial charge is 0.497 e. The second-order valence-electron chi connectivity index (χ2n) is 7.11. The van der Waals surface area contributed by atoms with E-state index in [1.807, 2.05) is 36.1 Å². The molecule has 0 unspecified atom stereocenters. The first-order valence-electron chi connectivity index (χ1n) is 9.53. The number of benzene rings is 1. The number of hydrogen-bond donors (Lipinski definition) is 1. The lowest BCUT2D eigenvalue weighted by atomic mass is 9.90. The molecule has 1 saturated heterocycles. The van der Waals surface area contributed by atoms with Crippen molar-refractivity contribution in [2.24, 2.45) is 0 Å². The Labute approximate surface area is 173 Å². The van der Waals surface area contributed by atoms with Crippen LogP contribution in [0.5, 0.6) is 5.75 Å². The summed E-state index contributed by atoms with van der Waals surface area (Å²) in [5, 5.41) is 0. The van der Waals surface area contributed by atoms with Crippen molar-refractivity contribution in [2.45, 2.75) is 25.7 Å². The number of aromatic nitrogens is 3. The van der Waals surface area contributed by atoms with Gasteiger partial charge in [-0.1, -0.05) is 12.1 Å². The first-order valence-corrected chi connectivity index (χ1v) is 10.4. The average Bonchev–Trinajstić information content (AvgIpc) is 3.19. The zero-order chi connectivity index (χ0) is 20.4. The predicted molar refractivity (Wildman–Crippen MR) is 113 cm³/mol. The molecule has 1 fully saturated rings. The zero-order valence-electron chi connectivity index (χ0n) is 16.5. The van der Waals surface area contributed by atoms with Gasteiger partial charge in [0.05, 0.1) is 24.0 Å². The van der Waals surface area contributed by atoms with Gasteiger partial charge < -0.3 is 15.4 Å². The summed E-state index contributed by atoms with van der Waals surface area (Å²) < 4.78 is 5.26. The van der Waals surface area contributed by atoms with E-state index in [9.17, 15) is 4.79 Å². The van der Waals surface area contributed by atoms with Crippen LogP contribution in [-0.4, -0.2) is 46.0 Å². The third-order valence-corrected chi connectivity index (χ3v) is 6.19. The number of carbonyl (C=O) groups is 1. The van der Waals surface area contributed by atoms with Gasteiger partial charge >= 0.3 is 0 Å². The molecule has 1 aromatic carbocycles. The summed E-state index contributed by atoms with van der Waals surface area (Å²) in [5.41, 5.74) is 11.3. The summed E-state index contributed by atoms with van der Waals surface area (Å²) >= 11 is 1.39. The van der Waals surface area contributed by atoms with Crippen molar-refractivity contribution in [3.63, 3.8) is 0 Å². The monoisotopic (exact) mass is 409 g/mol. The minimum Gasteiger partial charge on any atom is -0.497 e. The first-order chi connectivity index (χ1) is 14.1. The highest BCUT2D eigenvalue weighted by atomic mass is 32.1. The lowest BCUT2D eigenvalue weighted by molar-refractivity contribution is 0.0710. The molecule has 150 valence electrons. The fraction of sp³-hybridized carbons (Fsp3) is 0.333. The van der Waals surface area contributed by atoms with E-state index in [0.717, 1.165) is 47.7 Å². The van der Waals surface area contributed by atoms with Crippen LogP contribution in [0.4, 0.5) is 5.95 Å². The van der Waals surface area contributed by atoms with Crippen LogP contribution in [-0.2, 0) is 0 Å². The first kappa shape index (κ1) is 19.3. The predicted octanol–water partition coefficient (Wildman–Crippen LogP) is 3.52. The summed E-state index contributed by atoms with van der Waals surface area (Å²) in [5.74, 6) is 1.19. The van der Waals surface area contributed by atoms with Gasteiger partial charge in [0.15, 0.2) is 0 Å². The molecule has 0 spiro atoms. The van der Waals surface area contributed by atoms with E-state index in [4.69, 9.17) is 10.5 Å². The molecule has 0 radical (unpaired) electrons. The highest BCUT2D eigenvalue weighted by Gasteiger charge is 2.29. The highest BCUT2D eigenvalue weighted by Crippen LogP contribution is 2.34. The summed E-state index contributed by atoms with van der Waals surface area (Å²) in [4.78, 5) is 28.6. The average molecular weight is 410 g/mol. The van der Waals surface area contributed by atoms with Crippen LogP contribution in [0.25, 0.3) is 11.1 Å². The number of hydrogen-bond acceptors (Lipinski definition) is 7. The van der Waals surface area contributed by atoms with Crippen molar-refractivity contribution >= 4 is 23.2 Å². The number of nitrogen functional groups attached to an aromatic ring is 1. The van der Waals surface area contributed by atoms with Gasteiger partial charge in [-0.25, -0.2) is 15.0 Å². The Bertz CT molecular complexity index is 1020. The minimum atomic E-state index is 0.0442. The molecule has 3 aromatic rings. The maximum atomic E-state index is 13.0. The molecule has 3 heterocycles. The third kappa shape index (κ3) is 3.93. The smallest absolute Gasteiger partial charge is 0.265 e. The van der Waals surface area contributed by atoms with E-state index in [1.165, 1.54) is 11.3 Å². The number of methoxy groups -OCH3 is 1. The summed E-state index contributed by atoms with van der Waals surface area (Å²) in [6.07, 6.45) is 3.64. The topological polar surface area (TPSA) is 94.2 Å². The molecule has 4 rings (SSSR count). The molecule has 0 bridgehead atoms. The minimum absolute atomic E-state index is 0.0442. The molecule has 2 aromatic heterocycles. The summed E-state index contributed by atoms with van der Waals surface area (Å²) in [6.45, 7) is 3.22. The Morgan fingerprint density at radius 2 is 2.07 bits per heavy atom. The molecule has 1 aliphatic rings. The van der Waals surface area contributed by atoms with Gasteiger partial charge in [-0.3, -0.25) is 4.79 Å². The van der Waals surface area contributed by atoms with Crippen LogP contribution in [0.2, 0.25) is 0 Å². The molecule has 2 N–H and O–H groups in total. The fourth-order valence-electron chi connectivity index (χ4n) is 3.75. The molecule has 7 nitrogen and oxygen atoms in total. The Balaban J connectivity index is 1.64. The Kier molecular flexibility index (Phi) is 5.44. The molecule has 1 aliphatic heterocycles. The van der Waals surface area contributed by atoms with Crippen LogP contribution < -0.4 is 10.5 Å². The highest BCUT2D eigenvalue weighted by molar-refractivity contribution is 7.11. The second-order valence-corrected chi connectivity index (χ2v) is 7.97. The van der Waals surface area contributed by atoms with Gasteiger partial charge in [-0.05, 0) is 37.5 Å². The number of thiazole rings is 1. The van der Waals surface area contributed by atoms with Gasteiger partial charge in [0.1, 0.15) is 10.6 Å². The van der Waals surface area contributed by atoms with Gasteiger partial charge in [0.25, 0.3) is 5.91 Å². The molecule has 0 saturated carbocycles. The lowest BCUT2D eigenvalue weighted by Crippen LogP contribution is -2.39. The number of nitrogens with zero attached hydrogens (tertiary/aromatic N) is 4. The van der Waals surface area contributed by atoms with Crippen molar-refractivity contribution in [3.8, 4) is 16.9 Å². The number of ether oxygens (including phenoxy) is 1. The Hall–Kier alpha value is -3.00. The van der Waals surface area contributed by atoms with Gasteiger partial charge in [-0.15, -0.1) is 11.3 Å². The van der Waals surface area contributed by atoms with E-state index in [1.54, 1.807) is 18.8 Å². The fourth-order valence-corrected chi connectivity index (χ4v) is 4.52. The van der Waals surface area contributed by atoms with Crippen LogP contribution in [0.3, 0.4) is 0 Å². The van der Waals surface area contributed by atoms with Crippen LogP contribution in [0, 0.1) is 6.92 Å². The molecule has 0 aliphatic carbocycles. The van der Waals surface area contributed by atoms with E-state index in [0.29, 0.717) is 11.4 Å². The lowest BCUT2D eigenvalue weighted by Gasteiger charge is -2.33. The summed E-state index contributed by atoms with van der Waals surface area (Å²) in [7, 11) is 1.64. The van der Waals surface area contributed by atoms with Crippen molar-refractivity contribution < 1.29 is 9.53 Å². The third-order valence-electron chi connectivity index (χ3n) is 5.27. The normalized spacial score (nSPS) is 16.6. The molecule has 1 amide bonds. The van der Waals surface area contributed by atoms with Gasteiger partial charge in [0, 0.05) is 30.8 Å². The van der Waals surface area contributed by atoms with Gasteiger partial charge in [-0.2, -0.15) is 0 Å². The Morgan fingerprint density at radius 3 is 2.76 bits per heavy atom. The van der Waals surface area contributed by atoms with Crippen molar-refractivity contribution in [2.75, 3.05) is 25.9 Å². The number of piperidine rings is 1. The standard InChI is InChI=1S/C21H23N5O2S/c1-13-19(29-12-24-13)20(27)26-9-3-4-15(11-26)18-17(10-23-21(22)25-18)14-5-7-16(28-2)8-6-14/h5-8,10,12,15H,3-4,9,11H2,1-2H3,(H2,22,23,25)/t15-/m1/s1. The molecular formula is C21H23N5O2S.